The summed E-state index contributed by atoms with van der Waals surface area (Å²) in [6, 6.07) is 20.3. The van der Waals surface area contributed by atoms with E-state index in [2.05, 4.69) is 80.0 Å². The van der Waals surface area contributed by atoms with E-state index in [4.69, 9.17) is 0 Å². The lowest BCUT2D eigenvalue weighted by molar-refractivity contribution is 0.198. The van der Waals surface area contributed by atoms with Crippen molar-refractivity contribution in [3.05, 3.63) is 71.3 Å². The molecule has 2 aromatic rings. The maximum Gasteiger partial charge on any atom is 0.191 e. The third kappa shape index (κ3) is 7.74. The molecule has 2 aromatic carbocycles. The first-order chi connectivity index (χ1) is 15.3. The Balaban J connectivity index is 0.00000289. The van der Waals surface area contributed by atoms with Gasteiger partial charge in [-0.05, 0) is 55.5 Å². The van der Waals surface area contributed by atoms with Crippen molar-refractivity contribution in [1.82, 2.24) is 20.4 Å². The van der Waals surface area contributed by atoms with Crippen LogP contribution in [0.25, 0.3) is 0 Å². The summed E-state index contributed by atoms with van der Waals surface area (Å²) in [6.45, 7) is 7.68. The Labute approximate surface area is 210 Å². The predicted molar refractivity (Wildman–Crippen MR) is 144 cm³/mol. The van der Waals surface area contributed by atoms with E-state index in [0.29, 0.717) is 6.04 Å². The fourth-order valence-electron chi connectivity index (χ4n) is 4.61. The van der Waals surface area contributed by atoms with Crippen molar-refractivity contribution < 1.29 is 0 Å². The van der Waals surface area contributed by atoms with E-state index in [0.717, 1.165) is 51.5 Å². The van der Waals surface area contributed by atoms with Gasteiger partial charge in [-0.2, -0.15) is 0 Å². The lowest BCUT2D eigenvalue weighted by Gasteiger charge is -2.33. The van der Waals surface area contributed by atoms with Gasteiger partial charge in [0.05, 0.1) is 0 Å². The number of rotatable bonds is 7. The number of benzene rings is 2. The highest BCUT2D eigenvalue weighted by atomic mass is 127. The number of likely N-dealkylation sites (tertiary alicyclic amines) is 2. The van der Waals surface area contributed by atoms with E-state index in [1.807, 2.05) is 7.05 Å². The van der Waals surface area contributed by atoms with Gasteiger partial charge in [-0.3, -0.25) is 14.8 Å². The molecule has 2 N–H and O–H groups in total. The van der Waals surface area contributed by atoms with Crippen LogP contribution in [0, 0.1) is 0 Å². The second-order valence-corrected chi connectivity index (χ2v) is 8.91. The average Bonchev–Trinajstić information content (AvgIpc) is 3.32. The molecule has 0 saturated carbocycles. The second kappa shape index (κ2) is 13.2. The molecule has 0 atom stereocenters. The monoisotopic (exact) mass is 547 g/mol. The topological polar surface area (TPSA) is 42.9 Å². The number of halogens is 1. The first-order valence-electron chi connectivity index (χ1n) is 11.8. The summed E-state index contributed by atoms with van der Waals surface area (Å²) in [4.78, 5) is 9.54. The molecule has 0 aliphatic carbocycles. The van der Waals surface area contributed by atoms with Crippen LogP contribution >= 0.6 is 24.0 Å². The first kappa shape index (κ1) is 25.0. The third-order valence-corrected chi connectivity index (χ3v) is 6.49. The van der Waals surface area contributed by atoms with Gasteiger partial charge in [-0.15, -0.1) is 24.0 Å². The zero-order valence-corrected chi connectivity index (χ0v) is 21.6. The summed E-state index contributed by atoms with van der Waals surface area (Å²) >= 11 is 0. The summed E-state index contributed by atoms with van der Waals surface area (Å²) in [7, 11) is 1.86. The summed E-state index contributed by atoms with van der Waals surface area (Å²) in [5.41, 5.74) is 4.11. The van der Waals surface area contributed by atoms with Crippen molar-refractivity contribution in [2.45, 2.75) is 51.4 Å². The van der Waals surface area contributed by atoms with Gasteiger partial charge in [-0.1, -0.05) is 54.6 Å². The first-order valence-corrected chi connectivity index (χ1v) is 11.8. The molecule has 174 valence electrons. The molecule has 2 saturated heterocycles. The molecule has 2 aliphatic heterocycles. The van der Waals surface area contributed by atoms with Crippen molar-refractivity contribution in [2.75, 3.05) is 33.2 Å². The predicted octanol–water partition coefficient (Wildman–Crippen LogP) is 4.23. The van der Waals surface area contributed by atoms with E-state index in [-0.39, 0.29) is 24.0 Å². The number of hydrogen-bond donors (Lipinski definition) is 2. The molecule has 0 spiro atoms. The SMILES string of the molecule is CN=C(NCc1ccc(CN2CCCC2)cc1)NC1CCN(Cc2ccccc2)CC1.I. The molecular formula is C26H38IN5. The molecular weight excluding hydrogens is 509 g/mol. The van der Waals surface area contributed by atoms with Crippen molar-refractivity contribution in [2.24, 2.45) is 4.99 Å². The summed E-state index contributed by atoms with van der Waals surface area (Å²) in [5, 5.41) is 7.12. The number of aliphatic imine (C=N–C) groups is 1. The molecule has 5 nitrogen and oxygen atoms in total. The van der Waals surface area contributed by atoms with Crippen molar-refractivity contribution >= 4 is 29.9 Å². The van der Waals surface area contributed by atoms with Crippen molar-refractivity contribution in [3.8, 4) is 0 Å². The highest BCUT2D eigenvalue weighted by Gasteiger charge is 2.20. The van der Waals surface area contributed by atoms with Gasteiger partial charge >= 0.3 is 0 Å². The van der Waals surface area contributed by atoms with Gasteiger partial charge in [0.2, 0.25) is 0 Å². The van der Waals surface area contributed by atoms with Crippen molar-refractivity contribution in [1.29, 1.82) is 0 Å². The molecule has 0 unspecified atom stereocenters. The van der Waals surface area contributed by atoms with Crippen LogP contribution in [0.1, 0.15) is 42.4 Å². The number of hydrogen-bond acceptors (Lipinski definition) is 3. The van der Waals surface area contributed by atoms with Crippen LogP contribution in [-0.2, 0) is 19.6 Å². The standard InChI is InChI=1S/C26H37N5.HI/c1-27-26(28-19-22-9-11-24(12-10-22)21-30-15-5-6-16-30)29-25-13-17-31(18-14-25)20-23-7-3-2-4-8-23;/h2-4,7-12,25H,5-6,13-21H2,1H3,(H2,27,28,29);1H. The third-order valence-electron chi connectivity index (χ3n) is 6.49. The number of nitrogens with zero attached hydrogens (tertiary/aromatic N) is 3. The van der Waals surface area contributed by atoms with Gasteiger partial charge in [0.1, 0.15) is 0 Å². The van der Waals surface area contributed by atoms with Crippen LogP contribution in [0.15, 0.2) is 59.6 Å². The van der Waals surface area contributed by atoms with Crippen LogP contribution in [0.5, 0.6) is 0 Å². The molecule has 0 amide bonds. The lowest BCUT2D eigenvalue weighted by atomic mass is 10.0. The summed E-state index contributed by atoms with van der Waals surface area (Å²) in [6.07, 6.45) is 5.00. The number of guanidine groups is 1. The van der Waals surface area contributed by atoms with E-state index < -0.39 is 0 Å². The normalized spacial score (nSPS) is 18.3. The fraction of sp³-hybridized carbons (Fsp3) is 0.500. The molecule has 2 aliphatic rings. The molecule has 0 aromatic heterocycles. The minimum absolute atomic E-state index is 0. The van der Waals surface area contributed by atoms with E-state index in [9.17, 15) is 0 Å². The largest absolute Gasteiger partial charge is 0.354 e. The van der Waals surface area contributed by atoms with Gasteiger partial charge in [-0.25, -0.2) is 0 Å². The smallest absolute Gasteiger partial charge is 0.191 e. The van der Waals surface area contributed by atoms with Crippen LogP contribution in [0.4, 0.5) is 0 Å². The Hall–Kier alpha value is -1.64. The van der Waals surface area contributed by atoms with E-state index in [1.54, 1.807) is 0 Å². The zero-order valence-electron chi connectivity index (χ0n) is 19.3. The highest BCUT2D eigenvalue weighted by Crippen LogP contribution is 2.15. The van der Waals surface area contributed by atoms with Crippen LogP contribution in [0.3, 0.4) is 0 Å². The maximum atomic E-state index is 4.44. The van der Waals surface area contributed by atoms with Crippen LogP contribution in [0.2, 0.25) is 0 Å². The molecule has 6 heteroatoms. The van der Waals surface area contributed by atoms with E-state index >= 15 is 0 Å². The van der Waals surface area contributed by atoms with Crippen LogP contribution in [-0.4, -0.2) is 55.0 Å². The Morgan fingerprint density at radius 1 is 0.812 bits per heavy atom. The second-order valence-electron chi connectivity index (χ2n) is 8.91. The molecule has 4 rings (SSSR count). The molecule has 2 fully saturated rings. The minimum Gasteiger partial charge on any atom is -0.354 e. The van der Waals surface area contributed by atoms with Crippen molar-refractivity contribution in [3.63, 3.8) is 0 Å². The lowest BCUT2D eigenvalue weighted by Crippen LogP contribution is -2.48. The van der Waals surface area contributed by atoms with Gasteiger partial charge in [0.25, 0.3) is 0 Å². The van der Waals surface area contributed by atoms with E-state index in [1.165, 1.54) is 42.6 Å². The number of nitrogens with one attached hydrogen (secondary N) is 2. The summed E-state index contributed by atoms with van der Waals surface area (Å²) in [5.74, 6) is 0.905. The molecule has 0 radical (unpaired) electrons. The molecule has 2 heterocycles. The average molecular weight is 548 g/mol. The minimum atomic E-state index is 0. The fourth-order valence-corrected chi connectivity index (χ4v) is 4.61. The highest BCUT2D eigenvalue weighted by molar-refractivity contribution is 14.0. The van der Waals surface area contributed by atoms with Crippen LogP contribution < -0.4 is 10.6 Å². The van der Waals surface area contributed by atoms with Gasteiger partial charge < -0.3 is 10.6 Å². The van der Waals surface area contributed by atoms with Gasteiger partial charge in [0, 0.05) is 45.8 Å². The summed E-state index contributed by atoms with van der Waals surface area (Å²) < 4.78 is 0. The van der Waals surface area contributed by atoms with Gasteiger partial charge in [0.15, 0.2) is 5.96 Å². The number of piperidine rings is 1. The Morgan fingerprint density at radius 3 is 2.00 bits per heavy atom. The zero-order chi connectivity index (χ0) is 21.3. The molecule has 32 heavy (non-hydrogen) atoms. The Kier molecular flexibility index (Phi) is 10.3. The Morgan fingerprint density at radius 2 is 1.38 bits per heavy atom. The Bertz CT molecular complexity index is 810. The quantitative estimate of drug-likeness (QED) is 0.310. The maximum absolute atomic E-state index is 4.44. The molecule has 0 bridgehead atoms.